The quantitative estimate of drug-likeness (QED) is 0.846. The van der Waals surface area contributed by atoms with Crippen LogP contribution in [-0.2, 0) is 6.54 Å². The molecule has 1 aromatic carbocycles. The Balaban J connectivity index is 1.47. The van der Waals surface area contributed by atoms with Crippen LogP contribution >= 0.6 is 0 Å². The fourth-order valence-corrected chi connectivity index (χ4v) is 2.84. The minimum atomic E-state index is 0.860. The Hall–Kier alpha value is -1.45. The zero-order chi connectivity index (χ0) is 13.6. The second-order valence-electron chi connectivity index (χ2n) is 5.57. The van der Waals surface area contributed by atoms with E-state index in [9.17, 15) is 0 Å². The Morgan fingerprint density at radius 1 is 1.00 bits per heavy atom. The number of rotatable bonds is 5. The van der Waals surface area contributed by atoms with Crippen molar-refractivity contribution < 1.29 is 0 Å². The van der Waals surface area contributed by atoms with Crippen molar-refractivity contribution in [2.45, 2.75) is 25.8 Å². The minimum Gasteiger partial charge on any atom is -0.310 e. The summed E-state index contributed by atoms with van der Waals surface area (Å²) < 4.78 is 0. The molecular formula is C17H23N3. The summed E-state index contributed by atoms with van der Waals surface area (Å²) in [5.41, 5.74) is 2.21. The van der Waals surface area contributed by atoms with Crippen LogP contribution in [-0.4, -0.2) is 36.1 Å². The molecule has 0 aliphatic carbocycles. The molecule has 0 bridgehead atoms. The van der Waals surface area contributed by atoms with E-state index in [1.807, 2.05) is 6.07 Å². The lowest BCUT2D eigenvalue weighted by atomic mass is 10.1. The van der Waals surface area contributed by atoms with Crippen LogP contribution in [0.5, 0.6) is 0 Å². The predicted molar refractivity (Wildman–Crippen MR) is 83.7 cm³/mol. The molecule has 106 valence electrons. The van der Waals surface area contributed by atoms with Crippen LogP contribution in [0.25, 0.3) is 10.9 Å². The van der Waals surface area contributed by atoms with Crippen LogP contribution in [0.1, 0.15) is 25.0 Å². The van der Waals surface area contributed by atoms with E-state index in [0.717, 1.165) is 30.8 Å². The SMILES string of the molecule is c1ccc2nc(CNCCN3CCCCC3)ccc2c1. The normalized spacial score (nSPS) is 16.6. The van der Waals surface area contributed by atoms with Gasteiger partial charge in [0.15, 0.2) is 0 Å². The summed E-state index contributed by atoms with van der Waals surface area (Å²) in [4.78, 5) is 7.24. The van der Waals surface area contributed by atoms with Crippen molar-refractivity contribution in [3.63, 3.8) is 0 Å². The Morgan fingerprint density at radius 2 is 1.85 bits per heavy atom. The third-order valence-electron chi connectivity index (χ3n) is 4.02. The molecule has 0 saturated carbocycles. The average Bonchev–Trinajstić information content (AvgIpc) is 2.52. The number of pyridine rings is 1. The topological polar surface area (TPSA) is 28.2 Å². The number of para-hydroxylation sites is 1. The first-order valence-corrected chi connectivity index (χ1v) is 7.69. The number of fused-ring (bicyclic) bond motifs is 1. The second kappa shape index (κ2) is 6.82. The second-order valence-corrected chi connectivity index (χ2v) is 5.57. The molecule has 1 aromatic heterocycles. The standard InChI is InChI=1S/C17H23N3/c1-4-11-20(12-5-1)13-10-18-14-16-9-8-15-6-2-3-7-17(15)19-16/h2-3,6-9,18H,1,4-5,10-14H2. The van der Waals surface area contributed by atoms with Crippen molar-refractivity contribution >= 4 is 10.9 Å². The zero-order valence-electron chi connectivity index (χ0n) is 12.0. The highest BCUT2D eigenvalue weighted by Crippen LogP contribution is 2.11. The number of aromatic nitrogens is 1. The maximum Gasteiger partial charge on any atom is 0.0705 e. The van der Waals surface area contributed by atoms with Crippen LogP contribution in [0.2, 0.25) is 0 Å². The molecule has 3 nitrogen and oxygen atoms in total. The highest BCUT2D eigenvalue weighted by molar-refractivity contribution is 5.78. The summed E-state index contributed by atoms with van der Waals surface area (Å²) in [6, 6.07) is 12.6. The van der Waals surface area contributed by atoms with Gasteiger partial charge in [0.05, 0.1) is 11.2 Å². The number of nitrogens with one attached hydrogen (secondary N) is 1. The number of benzene rings is 1. The van der Waals surface area contributed by atoms with E-state index in [-0.39, 0.29) is 0 Å². The van der Waals surface area contributed by atoms with Gasteiger partial charge < -0.3 is 10.2 Å². The molecule has 2 aromatic rings. The molecule has 3 heteroatoms. The molecule has 0 radical (unpaired) electrons. The number of hydrogen-bond donors (Lipinski definition) is 1. The van der Waals surface area contributed by atoms with E-state index in [2.05, 4.69) is 45.5 Å². The van der Waals surface area contributed by atoms with Gasteiger partial charge in [0.1, 0.15) is 0 Å². The van der Waals surface area contributed by atoms with Gasteiger partial charge in [-0.2, -0.15) is 0 Å². The van der Waals surface area contributed by atoms with Crippen LogP contribution < -0.4 is 5.32 Å². The summed E-state index contributed by atoms with van der Waals surface area (Å²) >= 11 is 0. The van der Waals surface area contributed by atoms with Crippen molar-refractivity contribution in [3.8, 4) is 0 Å². The van der Waals surface area contributed by atoms with E-state index >= 15 is 0 Å². The lowest BCUT2D eigenvalue weighted by Gasteiger charge is -2.26. The molecule has 0 spiro atoms. The predicted octanol–water partition coefficient (Wildman–Crippen LogP) is 2.81. The molecule has 1 N–H and O–H groups in total. The molecule has 1 aliphatic heterocycles. The van der Waals surface area contributed by atoms with Gasteiger partial charge in [0, 0.05) is 25.0 Å². The molecule has 0 amide bonds. The minimum absolute atomic E-state index is 0.860. The summed E-state index contributed by atoms with van der Waals surface area (Å²) in [7, 11) is 0. The molecule has 1 saturated heterocycles. The van der Waals surface area contributed by atoms with Crippen LogP contribution in [0.4, 0.5) is 0 Å². The van der Waals surface area contributed by atoms with Crippen LogP contribution in [0.3, 0.4) is 0 Å². The molecule has 1 aliphatic rings. The molecular weight excluding hydrogens is 246 g/mol. The van der Waals surface area contributed by atoms with Crippen molar-refractivity contribution in [1.82, 2.24) is 15.2 Å². The highest BCUT2D eigenvalue weighted by Gasteiger charge is 2.08. The van der Waals surface area contributed by atoms with Gasteiger partial charge in [-0.25, -0.2) is 0 Å². The lowest BCUT2D eigenvalue weighted by Crippen LogP contribution is -2.35. The fraction of sp³-hybridized carbons (Fsp3) is 0.471. The van der Waals surface area contributed by atoms with Crippen molar-refractivity contribution in [2.24, 2.45) is 0 Å². The zero-order valence-corrected chi connectivity index (χ0v) is 12.0. The van der Waals surface area contributed by atoms with Gasteiger partial charge in [0.25, 0.3) is 0 Å². The van der Waals surface area contributed by atoms with Crippen molar-refractivity contribution in [3.05, 3.63) is 42.1 Å². The van der Waals surface area contributed by atoms with E-state index in [4.69, 9.17) is 0 Å². The number of nitrogens with zero attached hydrogens (tertiary/aromatic N) is 2. The average molecular weight is 269 g/mol. The maximum atomic E-state index is 4.68. The summed E-state index contributed by atoms with van der Waals surface area (Å²) in [5, 5.41) is 4.72. The third-order valence-corrected chi connectivity index (χ3v) is 4.02. The Labute approximate surface area is 121 Å². The first-order valence-electron chi connectivity index (χ1n) is 7.69. The molecule has 2 heterocycles. The first kappa shape index (κ1) is 13.5. The molecule has 1 fully saturated rings. The lowest BCUT2D eigenvalue weighted by molar-refractivity contribution is 0.229. The molecule has 0 unspecified atom stereocenters. The first-order chi connectivity index (χ1) is 9.92. The highest BCUT2D eigenvalue weighted by atomic mass is 15.1. The van der Waals surface area contributed by atoms with Crippen molar-refractivity contribution in [2.75, 3.05) is 26.2 Å². The Morgan fingerprint density at radius 3 is 2.75 bits per heavy atom. The van der Waals surface area contributed by atoms with E-state index in [1.165, 1.54) is 37.7 Å². The maximum absolute atomic E-state index is 4.68. The van der Waals surface area contributed by atoms with Gasteiger partial charge in [-0.1, -0.05) is 30.7 Å². The van der Waals surface area contributed by atoms with E-state index in [1.54, 1.807) is 0 Å². The van der Waals surface area contributed by atoms with Gasteiger partial charge in [-0.15, -0.1) is 0 Å². The summed E-state index contributed by atoms with van der Waals surface area (Å²) in [5.74, 6) is 0. The number of likely N-dealkylation sites (tertiary alicyclic amines) is 1. The van der Waals surface area contributed by atoms with Crippen molar-refractivity contribution in [1.29, 1.82) is 0 Å². The largest absolute Gasteiger partial charge is 0.310 e. The van der Waals surface area contributed by atoms with E-state index < -0.39 is 0 Å². The van der Waals surface area contributed by atoms with Gasteiger partial charge >= 0.3 is 0 Å². The van der Waals surface area contributed by atoms with Gasteiger partial charge in [-0.05, 0) is 38.1 Å². The number of hydrogen-bond acceptors (Lipinski definition) is 3. The Kier molecular flexibility index (Phi) is 4.61. The third kappa shape index (κ3) is 3.56. The van der Waals surface area contributed by atoms with Crippen LogP contribution in [0.15, 0.2) is 36.4 Å². The Bertz CT molecular complexity index is 547. The summed E-state index contributed by atoms with van der Waals surface area (Å²) in [6.07, 6.45) is 4.14. The van der Waals surface area contributed by atoms with E-state index in [0.29, 0.717) is 0 Å². The van der Waals surface area contributed by atoms with Crippen LogP contribution in [0, 0.1) is 0 Å². The smallest absolute Gasteiger partial charge is 0.0705 e. The molecule has 20 heavy (non-hydrogen) atoms. The fourth-order valence-electron chi connectivity index (χ4n) is 2.84. The summed E-state index contributed by atoms with van der Waals surface area (Å²) in [6.45, 7) is 5.62. The monoisotopic (exact) mass is 269 g/mol. The van der Waals surface area contributed by atoms with Gasteiger partial charge in [0.2, 0.25) is 0 Å². The molecule has 0 atom stereocenters. The number of piperidine rings is 1. The van der Waals surface area contributed by atoms with Gasteiger partial charge in [-0.3, -0.25) is 4.98 Å². The molecule has 3 rings (SSSR count).